The van der Waals surface area contributed by atoms with Crippen LogP contribution >= 0.6 is 0 Å². The molecule has 0 saturated carbocycles. The molecule has 30 heavy (non-hydrogen) atoms. The highest BCUT2D eigenvalue weighted by molar-refractivity contribution is 6.09. The summed E-state index contributed by atoms with van der Waals surface area (Å²) in [6, 6.07) is 11.5. The molecule has 158 valence electrons. The fourth-order valence-electron chi connectivity index (χ4n) is 3.20. The van der Waals surface area contributed by atoms with Gasteiger partial charge in [-0.3, -0.25) is 9.69 Å². The first-order valence-electron chi connectivity index (χ1n) is 9.53. The molecule has 8 nitrogen and oxygen atoms in total. The van der Waals surface area contributed by atoms with Crippen molar-refractivity contribution in [3.8, 4) is 0 Å². The number of anilines is 1. The first kappa shape index (κ1) is 21.5. The van der Waals surface area contributed by atoms with Crippen LogP contribution in [-0.2, 0) is 20.8 Å². The smallest absolute Gasteiger partial charge is 0.339 e. The predicted molar refractivity (Wildman–Crippen MR) is 110 cm³/mol. The Kier molecular flexibility index (Phi) is 7.16. The van der Waals surface area contributed by atoms with Crippen LogP contribution in [0.5, 0.6) is 0 Å². The van der Waals surface area contributed by atoms with Crippen molar-refractivity contribution < 1.29 is 28.6 Å². The van der Waals surface area contributed by atoms with Crippen LogP contribution in [0, 0.1) is 0 Å². The van der Waals surface area contributed by atoms with Crippen molar-refractivity contribution in [3.05, 3.63) is 64.7 Å². The lowest BCUT2D eigenvalue weighted by Crippen LogP contribution is -2.35. The molecule has 1 aliphatic heterocycles. The Bertz CT molecular complexity index is 937. The van der Waals surface area contributed by atoms with E-state index in [0.29, 0.717) is 18.8 Å². The van der Waals surface area contributed by atoms with Gasteiger partial charge in [-0.25, -0.2) is 9.59 Å². The van der Waals surface area contributed by atoms with Gasteiger partial charge in [0.15, 0.2) is 0 Å². The molecule has 0 unspecified atom stereocenters. The molecule has 1 heterocycles. The van der Waals surface area contributed by atoms with Crippen molar-refractivity contribution in [3.63, 3.8) is 0 Å². The van der Waals surface area contributed by atoms with Crippen molar-refractivity contribution in [1.82, 2.24) is 4.90 Å². The molecule has 0 radical (unpaired) electrons. The van der Waals surface area contributed by atoms with Crippen LogP contribution < -0.4 is 5.32 Å². The minimum Gasteiger partial charge on any atom is -0.465 e. The van der Waals surface area contributed by atoms with Gasteiger partial charge in [0.25, 0.3) is 5.91 Å². The maximum absolute atomic E-state index is 12.9. The molecule has 0 aliphatic carbocycles. The highest BCUT2D eigenvalue weighted by Gasteiger charge is 2.18. The highest BCUT2D eigenvalue weighted by Crippen LogP contribution is 2.21. The van der Waals surface area contributed by atoms with Crippen LogP contribution in [0.4, 0.5) is 5.69 Å². The number of carbonyl (C=O) groups is 3. The van der Waals surface area contributed by atoms with Crippen molar-refractivity contribution >= 4 is 23.5 Å². The molecule has 1 fully saturated rings. The highest BCUT2D eigenvalue weighted by atomic mass is 16.5. The van der Waals surface area contributed by atoms with Crippen LogP contribution in [0.1, 0.15) is 36.6 Å². The lowest BCUT2D eigenvalue weighted by Gasteiger charge is -2.26. The number of carbonyl (C=O) groups excluding carboxylic acids is 3. The Balaban J connectivity index is 1.81. The van der Waals surface area contributed by atoms with Crippen molar-refractivity contribution in [2.75, 3.05) is 45.8 Å². The zero-order valence-corrected chi connectivity index (χ0v) is 17.0. The van der Waals surface area contributed by atoms with E-state index in [1.165, 1.54) is 32.4 Å². The Morgan fingerprint density at radius 3 is 2.40 bits per heavy atom. The fraction of sp³-hybridized carbons (Fsp3) is 0.318. The van der Waals surface area contributed by atoms with Crippen LogP contribution in [0.3, 0.4) is 0 Å². The predicted octanol–water partition coefficient (Wildman–Crippen LogP) is 2.34. The summed E-state index contributed by atoms with van der Waals surface area (Å²) in [5.74, 6) is -1.59. The number of ether oxygens (including phenoxy) is 3. The normalized spacial score (nSPS) is 14.1. The van der Waals surface area contributed by atoms with Gasteiger partial charge in [-0.2, -0.15) is 0 Å². The quantitative estimate of drug-likeness (QED) is 0.728. The minimum atomic E-state index is -0.622. The van der Waals surface area contributed by atoms with E-state index in [0.717, 1.165) is 25.2 Å². The third kappa shape index (κ3) is 5.22. The van der Waals surface area contributed by atoms with Crippen LogP contribution in [0.25, 0.3) is 0 Å². The van der Waals surface area contributed by atoms with Gasteiger partial charge in [0.1, 0.15) is 0 Å². The Morgan fingerprint density at radius 2 is 1.70 bits per heavy atom. The van der Waals surface area contributed by atoms with Gasteiger partial charge in [0.2, 0.25) is 0 Å². The molecule has 0 atom stereocenters. The van der Waals surface area contributed by atoms with Crippen molar-refractivity contribution in [2.45, 2.75) is 6.54 Å². The van der Waals surface area contributed by atoms with Gasteiger partial charge in [-0.1, -0.05) is 12.1 Å². The number of rotatable bonds is 6. The minimum absolute atomic E-state index is 0.142. The molecular weight excluding hydrogens is 388 g/mol. The number of hydrogen-bond acceptors (Lipinski definition) is 7. The monoisotopic (exact) mass is 412 g/mol. The summed E-state index contributed by atoms with van der Waals surface area (Å²) in [5.41, 5.74) is 1.97. The number of morpholine rings is 1. The fourth-order valence-corrected chi connectivity index (χ4v) is 3.20. The van der Waals surface area contributed by atoms with Crippen LogP contribution in [-0.4, -0.2) is 63.3 Å². The molecule has 1 amide bonds. The topological polar surface area (TPSA) is 94.2 Å². The summed E-state index contributed by atoms with van der Waals surface area (Å²) in [7, 11) is 2.51. The maximum atomic E-state index is 12.9. The average molecular weight is 412 g/mol. The molecule has 8 heteroatoms. The van der Waals surface area contributed by atoms with Crippen molar-refractivity contribution in [2.24, 2.45) is 0 Å². The Morgan fingerprint density at radius 1 is 0.967 bits per heavy atom. The number of hydrogen-bond donors (Lipinski definition) is 1. The van der Waals surface area contributed by atoms with E-state index in [1.54, 1.807) is 6.07 Å². The van der Waals surface area contributed by atoms with Gasteiger partial charge in [-0.15, -0.1) is 0 Å². The summed E-state index contributed by atoms with van der Waals surface area (Å²) >= 11 is 0. The summed E-state index contributed by atoms with van der Waals surface area (Å²) in [4.78, 5) is 39.0. The van der Waals surface area contributed by atoms with Crippen LogP contribution in [0.2, 0.25) is 0 Å². The van der Waals surface area contributed by atoms with Crippen molar-refractivity contribution in [1.29, 1.82) is 0 Å². The second-order valence-electron chi connectivity index (χ2n) is 6.79. The molecule has 0 bridgehead atoms. The number of amides is 1. The van der Waals surface area contributed by atoms with E-state index in [9.17, 15) is 14.4 Å². The van der Waals surface area contributed by atoms with E-state index in [2.05, 4.69) is 10.2 Å². The SMILES string of the molecule is COC(=O)c1ccc(C(=O)OC)c(NC(=O)c2cccc(CN3CCOCC3)c2)c1. The van der Waals surface area contributed by atoms with E-state index in [4.69, 9.17) is 14.2 Å². The lowest BCUT2D eigenvalue weighted by atomic mass is 10.1. The van der Waals surface area contributed by atoms with E-state index in [-0.39, 0.29) is 16.8 Å². The zero-order chi connectivity index (χ0) is 21.5. The molecule has 0 aromatic heterocycles. The summed E-state index contributed by atoms with van der Waals surface area (Å²) in [6.45, 7) is 3.81. The Labute approximate surface area is 174 Å². The third-order valence-corrected chi connectivity index (χ3v) is 4.79. The molecular formula is C22H24N2O6. The maximum Gasteiger partial charge on any atom is 0.339 e. The zero-order valence-electron chi connectivity index (χ0n) is 17.0. The van der Waals surface area contributed by atoms with E-state index in [1.807, 2.05) is 18.2 Å². The largest absolute Gasteiger partial charge is 0.465 e. The lowest BCUT2D eigenvalue weighted by molar-refractivity contribution is 0.0342. The standard InChI is InChI=1S/C22H24N2O6/c1-28-21(26)17-6-7-18(22(27)29-2)19(13-17)23-20(25)16-5-3-4-15(12-16)14-24-8-10-30-11-9-24/h3-7,12-13H,8-11,14H2,1-2H3,(H,23,25). The molecule has 1 saturated heterocycles. The number of esters is 2. The number of nitrogens with one attached hydrogen (secondary N) is 1. The molecule has 2 aromatic carbocycles. The molecule has 1 N–H and O–H groups in total. The second-order valence-corrected chi connectivity index (χ2v) is 6.79. The molecule has 3 rings (SSSR count). The van der Waals surface area contributed by atoms with Gasteiger partial charge >= 0.3 is 11.9 Å². The first-order valence-corrected chi connectivity index (χ1v) is 9.53. The van der Waals surface area contributed by atoms with Gasteiger partial charge in [0, 0.05) is 25.2 Å². The number of nitrogens with zero attached hydrogens (tertiary/aromatic N) is 1. The first-order chi connectivity index (χ1) is 14.5. The molecule has 1 aliphatic rings. The second kappa shape index (κ2) is 10.00. The van der Waals surface area contributed by atoms with Gasteiger partial charge in [0.05, 0.1) is 44.2 Å². The summed E-state index contributed by atoms with van der Waals surface area (Å²) < 4.78 is 14.9. The average Bonchev–Trinajstić information content (AvgIpc) is 2.78. The van der Waals surface area contributed by atoms with E-state index < -0.39 is 17.8 Å². The Hall–Kier alpha value is -3.23. The number of benzene rings is 2. The molecule has 0 spiro atoms. The summed E-state index contributed by atoms with van der Waals surface area (Å²) in [6.07, 6.45) is 0. The third-order valence-electron chi connectivity index (χ3n) is 4.79. The van der Waals surface area contributed by atoms with Gasteiger partial charge < -0.3 is 19.5 Å². The van der Waals surface area contributed by atoms with E-state index >= 15 is 0 Å². The number of methoxy groups -OCH3 is 2. The van der Waals surface area contributed by atoms with Gasteiger partial charge in [-0.05, 0) is 35.9 Å². The molecule has 2 aromatic rings. The summed E-state index contributed by atoms with van der Waals surface area (Å²) in [5, 5.41) is 2.71. The van der Waals surface area contributed by atoms with Crippen LogP contribution in [0.15, 0.2) is 42.5 Å².